The van der Waals surface area contributed by atoms with Crippen molar-refractivity contribution in [2.75, 3.05) is 0 Å². The van der Waals surface area contributed by atoms with E-state index in [4.69, 9.17) is 0 Å². The first-order chi connectivity index (χ1) is 7.34. The number of rotatable bonds is 3. The van der Waals surface area contributed by atoms with Gasteiger partial charge in [-0.15, -0.1) is 0 Å². The SMILES string of the molecule is CCC[C@H](O)c1cc(F)cc(C(F)(F)F)c1. The Morgan fingerprint density at radius 1 is 1.25 bits per heavy atom. The molecule has 0 bridgehead atoms. The van der Waals surface area contributed by atoms with Crippen LogP contribution in [0.25, 0.3) is 0 Å². The van der Waals surface area contributed by atoms with Crippen molar-refractivity contribution in [1.82, 2.24) is 0 Å². The molecule has 1 aromatic carbocycles. The maximum atomic E-state index is 12.9. The molecule has 0 unspecified atom stereocenters. The van der Waals surface area contributed by atoms with Gasteiger partial charge in [0.25, 0.3) is 0 Å². The standard InChI is InChI=1S/C11H12F4O/c1-2-3-10(16)7-4-8(11(13,14)15)6-9(12)5-7/h4-6,10,16H,2-3H2,1H3/t10-/m0/s1. The second kappa shape index (κ2) is 4.82. The maximum Gasteiger partial charge on any atom is 0.416 e. The quantitative estimate of drug-likeness (QED) is 0.794. The zero-order chi connectivity index (χ0) is 12.3. The third-order valence-corrected chi connectivity index (χ3v) is 2.19. The van der Waals surface area contributed by atoms with Crippen LogP contribution in [0.4, 0.5) is 17.6 Å². The molecule has 1 rings (SSSR count). The van der Waals surface area contributed by atoms with Crippen molar-refractivity contribution in [2.45, 2.75) is 32.0 Å². The van der Waals surface area contributed by atoms with Crippen LogP contribution in [0.2, 0.25) is 0 Å². The molecule has 0 radical (unpaired) electrons. The molecule has 0 aromatic heterocycles. The lowest BCUT2D eigenvalue weighted by molar-refractivity contribution is -0.137. The Morgan fingerprint density at radius 3 is 2.38 bits per heavy atom. The lowest BCUT2D eigenvalue weighted by Gasteiger charge is -2.13. The van der Waals surface area contributed by atoms with Crippen molar-refractivity contribution in [2.24, 2.45) is 0 Å². The van der Waals surface area contributed by atoms with Gasteiger partial charge in [0, 0.05) is 0 Å². The molecule has 1 atom stereocenters. The average molecular weight is 236 g/mol. The second-order valence-corrected chi connectivity index (χ2v) is 3.58. The van der Waals surface area contributed by atoms with Gasteiger partial charge >= 0.3 is 6.18 Å². The van der Waals surface area contributed by atoms with E-state index in [9.17, 15) is 22.7 Å². The number of aliphatic hydroxyl groups is 1. The Bertz CT molecular complexity index is 359. The fourth-order valence-electron chi connectivity index (χ4n) is 1.41. The molecule has 0 amide bonds. The Labute approximate surface area is 90.7 Å². The molecule has 0 spiro atoms. The van der Waals surface area contributed by atoms with Crippen LogP contribution in [0.5, 0.6) is 0 Å². The summed E-state index contributed by atoms with van der Waals surface area (Å²) in [5.41, 5.74) is -1.10. The second-order valence-electron chi connectivity index (χ2n) is 3.58. The van der Waals surface area contributed by atoms with Gasteiger partial charge in [-0.2, -0.15) is 13.2 Å². The molecule has 0 aliphatic heterocycles. The van der Waals surface area contributed by atoms with Crippen molar-refractivity contribution >= 4 is 0 Å². The summed E-state index contributed by atoms with van der Waals surface area (Å²) in [6, 6.07) is 2.13. The van der Waals surface area contributed by atoms with E-state index < -0.39 is 23.7 Å². The van der Waals surface area contributed by atoms with Crippen LogP contribution in [0.1, 0.15) is 37.0 Å². The first kappa shape index (κ1) is 13.0. The van der Waals surface area contributed by atoms with Crippen LogP contribution in [0.3, 0.4) is 0 Å². The van der Waals surface area contributed by atoms with Crippen LogP contribution in [0, 0.1) is 5.82 Å². The summed E-state index contributed by atoms with van der Waals surface area (Å²) in [5, 5.41) is 9.50. The number of benzene rings is 1. The minimum atomic E-state index is -4.59. The summed E-state index contributed by atoms with van der Waals surface area (Å²) in [4.78, 5) is 0. The molecule has 0 aliphatic rings. The molecule has 90 valence electrons. The highest BCUT2D eigenvalue weighted by Gasteiger charge is 2.31. The van der Waals surface area contributed by atoms with Gasteiger partial charge in [-0.1, -0.05) is 13.3 Å². The highest BCUT2D eigenvalue weighted by atomic mass is 19.4. The van der Waals surface area contributed by atoms with Crippen molar-refractivity contribution in [3.63, 3.8) is 0 Å². The number of alkyl halides is 3. The van der Waals surface area contributed by atoms with E-state index >= 15 is 0 Å². The third-order valence-electron chi connectivity index (χ3n) is 2.19. The van der Waals surface area contributed by atoms with Crippen molar-refractivity contribution in [1.29, 1.82) is 0 Å². The van der Waals surface area contributed by atoms with E-state index in [1.54, 1.807) is 6.92 Å². The van der Waals surface area contributed by atoms with Crippen LogP contribution in [-0.2, 0) is 6.18 Å². The highest BCUT2D eigenvalue weighted by Crippen LogP contribution is 2.32. The molecule has 5 heteroatoms. The van der Waals surface area contributed by atoms with Gasteiger partial charge in [-0.25, -0.2) is 4.39 Å². The lowest BCUT2D eigenvalue weighted by Crippen LogP contribution is -2.08. The van der Waals surface area contributed by atoms with Gasteiger partial charge in [0.2, 0.25) is 0 Å². The molecular formula is C11H12F4O. The van der Waals surface area contributed by atoms with E-state index in [0.29, 0.717) is 18.9 Å². The Balaban J connectivity index is 3.08. The molecule has 0 aliphatic carbocycles. The van der Waals surface area contributed by atoms with Crippen LogP contribution < -0.4 is 0 Å². The minimum Gasteiger partial charge on any atom is -0.388 e. The van der Waals surface area contributed by atoms with E-state index in [-0.39, 0.29) is 5.56 Å². The van der Waals surface area contributed by atoms with Gasteiger partial charge in [-0.3, -0.25) is 0 Å². The summed E-state index contributed by atoms with van der Waals surface area (Å²) < 4.78 is 50.0. The molecule has 1 N–H and O–H groups in total. The molecular weight excluding hydrogens is 224 g/mol. The van der Waals surface area contributed by atoms with Gasteiger partial charge < -0.3 is 5.11 Å². The summed E-state index contributed by atoms with van der Waals surface area (Å²) >= 11 is 0. The average Bonchev–Trinajstić information content (AvgIpc) is 2.16. The van der Waals surface area contributed by atoms with Crippen molar-refractivity contribution in [3.8, 4) is 0 Å². The highest BCUT2D eigenvalue weighted by molar-refractivity contribution is 5.28. The van der Waals surface area contributed by atoms with E-state index in [2.05, 4.69) is 0 Å². The van der Waals surface area contributed by atoms with E-state index in [1.165, 1.54) is 0 Å². The van der Waals surface area contributed by atoms with E-state index in [1.807, 2.05) is 0 Å². The zero-order valence-corrected chi connectivity index (χ0v) is 8.68. The number of halogens is 4. The van der Waals surface area contributed by atoms with Gasteiger partial charge in [-0.05, 0) is 30.2 Å². The topological polar surface area (TPSA) is 20.2 Å². The zero-order valence-electron chi connectivity index (χ0n) is 8.68. The fraction of sp³-hybridized carbons (Fsp3) is 0.455. The Kier molecular flexibility index (Phi) is 3.91. The third kappa shape index (κ3) is 3.20. The van der Waals surface area contributed by atoms with Crippen molar-refractivity contribution < 1.29 is 22.7 Å². The summed E-state index contributed by atoms with van der Waals surface area (Å²) in [7, 11) is 0. The first-order valence-corrected chi connectivity index (χ1v) is 4.90. The first-order valence-electron chi connectivity index (χ1n) is 4.90. The minimum absolute atomic E-state index is 0.0332. The Hall–Kier alpha value is -1.10. The molecule has 0 fully saturated rings. The normalized spacial score (nSPS) is 13.9. The monoisotopic (exact) mass is 236 g/mol. The number of hydrogen-bond acceptors (Lipinski definition) is 1. The predicted octanol–water partition coefficient (Wildman–Crippen LogP) is 3.68. The van der Waals surface area contributed by atoms with Crippen LogP contribution in [0.15, 0.2) is 18.2 Å². The largest absolute Gasteiger partial charge is 0.416 e. The van der Waals surface area contributed by atoms with Crippen molar-refractivity contribution in [3.05, 3.63) is 35.1 Å². The Morgan fingerprint density at radius 2 is 1.88 bits per heavy atom. The molecule has 0 saturated carbocycles. The van der Waals surface area contributed by atoms with Crippen LogP contribution in [-0.4, -0.2) is 5.11 Å². The van der Waals surface area contributed by atoms with Crippen LogP contribution >= 0.6 is 0 Å². The predicted molar refractivity (Wildman–Crippen MR) is 51.3 cm³/mol. The fourth-order valence-corrected chi connectivity index (χ4v) is 1.41. The number of aliphatic hydroxyl groups excluding tert-OH is 1. The van der Waals surface area contributed by atoms with Gasteiger partial charge in [0.05, 0.1) is 11.7 Å². The maximum absolute atomic E-state index is 12.9. The summed E-state index contributed by atoms with van der Waals surface area (Å²) in [6.07, 6.45) is -4.73. The molecule has 16 heavy (non-hydrogen) atoms. The number of hydrogen-bond donors (Lipinski definition) is 1. The lowest BCUT2D eigenvalue weighted by atomic mass is 10.0. The summed E-state index contributed by atoms with van der Waals surface area (Å²) in [6.45, 7) is 1.78. The van der Waals surface area contributed by atoms with Gasteiger partial charge in [0.15, 0.2) is 0 Å². The summed E-state index contributed by atoms with van der Waals surface area (Å²) in [5.74, 6) is -0.986. The molecule has 0 heterocycles. The van der Waals surface area contributed by atoms with E-state index in [0.717, 1.165) is 12.1 Å². The molecule has 1 aromatic rings. The molecule has 0 saturated heterocycles. The van der Waals surface area contributed by atoms with Gasteiger partial charge in [0.1, 0.15) is 5.82 Å². The smallest absolute Gasteiger partial charge is 0.388 e. The molecule has 1 nitrogen and oxygen atoms in total.